The van der Waals surface area contributed by atoms with Gasteiger partial charge < -0.3 is 5.32 Å². The molecular formula is C15H21NO2S. The van der Waals surface area contributed by atoms with E-state index in [1.807, 2.05) is 32.0 Å². The molecule has 1 aromatic carbocycles. The van der Waals surface area contributed by atoms with Crippen LogP contribution in [0.5, 0.6) is 0 Å². The minimum absolute atomic E-state index is 0.0609. The van der Waals surface area contributed by atoms with E-state index in [2.05, 4.69) is 17.4 Å². The molecule has 3 nitrogen and oxygen atoms in total. The number of rotatable bonds is 7. The first-order valence-corrected chi connectivity index (χ1v) is 7.58. The van der Waals surface area contributed by atoms with Crippen LogP contribution in [0.4, 0.5) is 0 Å². The van der Waals surface area contributed by atoms with Crippen molar-refractivity contribution in [2.45, 2.75) is 32.6 Å². The molecule has 0 bridgehead atoms. The molecule has 0 saturated carbocycles. The molecule has 1 rings (SSSR count). The van der Waals surface area contributed by atoms with Gasteiger partial charge in [-0.2, -0.15) is 11.8 Å². The number of hydrogen-bond acceptors (Lipinski definition) is 3. The van der Waals surface area contributed by atoms with Crippen LogP contribution in [0.3, 0.4) is 0 Å². The number of ketones is 1. The normalized spacial score (nSPS) is 12.2. The van der Waals surface area contributed by atoms with Gasteiger partial charge in [0.25, 0.3) is 0 Å². The van der Waals surface area contributed by atoms with Crippen molar-refractivity contribution in [1.29, 1.82) is 0 Å². The van der Waals surface area contributed by atoms with E-state index in [0.717, 1.165) is 5.75 Å². The van der Waals surface area contributed by atoms with Gasteiger partial charge in [-0.3, -0.25) is 9.59 Å². The predicted octanol–water partition coefficient (Wildman–Crippen LogP) is 2.65. The standard InChI is InChI=1S/C15H21NO2S/c1-11(2)15(18)14(16-12(3)17)10-19-9-13-7-5-4-6-8-13/h4-8,11,14H,9-10H2,1-3H3,(H,16,17)/t14-/m0/s1. The van der Waals surface area contributed by atoms with Crippen LogP contribution >= 0.6 is 11.8 Å². The largest absolute Gasteiger partial charge is 0.346 e. The van der Waals surface area contributed by atoms with Crippen molar-refractivity contribution < 1.29 is 9.59 Å². The minimum atomic E-state index is -0.383. The molecule has 1 atom stereocenters. The Hall–Kier alpha value is -1.29. The number of thioether (sulfide) groups is 1. The van der Waals surface area contributed by atoms with Crippen LogP contribution in [-0.2, 0) is 15.3 Å². The summed E-state index contributed by atoms with van der Waals surface area (Å²) in [5, 5.41) is 2.74. The summed E-state index contributed by atoms with van der Waals surface area (Å²) in [4.78, 5) is 23.1. The van der Waals surface area contributed by atoms with Gasteiger partial charge in [-0.05, 0) is 5.56 Å². The fourth-order valence-corrected chi connectivity index (χ4v) is 2.74. The van der Waals surface area contributed by atoms with Gasteiger partial charge in [-0.25, -0.2) is 0 Å². The average molecular weight is 279 g/mol. The maximum atomic E-state index is 12.0. The topological polar surface area (TPSA) is 46.2 Å². The summed E-state index contributed by atoms with van der Waals surface area (Å²) in [7, 11) is 0. The molecule has 19 heavy (non-hydrogen) atoms. The second-order valence-corrected chi connectivity index (χ2v) is 5.84. The van der Waals surface area contributed by atoms with Crippen molar-refractivity contribution in [1.82, 2.24) is 5.32 Å². The number of carbonyl (C=O) groups is 2. The van der Waals surface area contributed by atoms with Gasteiger partial charge >= 0.3 is 0 Å². The SMILES string of the molecule is CC(=O)N[C@@H](CSCc1ccccc1)C(=O)C(C)C. The second kappa shape index (κ2) is 8.00. The molecule has 4 heteroatoms. The molecule has 0 heterocycles. The first-order valence-electron chi connectivity index (χ1n) is 6.43. The predicted molar refractivity (Wildman–Crippen MR) is 80.1 cm³/mol. The monoisotopic (exact) mass is 279 g/mol. The van der Waals surface area contributed by atoms with E-state index in [4.69, 9.17) is 0 Å². The number of amides is 1. The Morgan fingerprint density at radius 3 is 2.37 bits per heavy atom. The lowest BCUT2D eigenvalue weighted by Gasteiger charge is -2.18. The maximum Gasteiger partial charge on any atom is 0.217 e. The summed E-state index contributed by atoms with van der Waals surface area (Å²) in [6.07, 6.45) is 0. The lowest BCUT2D eigenvalue weighted by Crippen LogP contribution is -2.43. The van der Waals surface area contributed by atoms with Crippen molar-refractivity contribution in [2.24, 2.45) is 5.92 Å². The van der Waals surface area contributed by atoms with Crippen LogP contribution in [0.25, 0.3) is 0 Å². The van der Waals surface area contributed by atoms with Crippen LogP contribution in [0.2, 0.25) is 0 Å². The molecule has 0 aromatic heterocycles. The van der Waals surface area contributed by atoms with Crippen LogP contribution in [0.1, 0.15) is 26.3 Å². The van der Waals surface area contributed by atoms with Crippen molar-refractivity contribution in [3.8, 4) is 0 Å². The lowest BCUT2D eigenvalue weighted by atomic mass is 10.0. The van der Waals surface area contributed by atoms with Crippen molar-refractivity contribution in [3.63, 3.8) is 0 Å². The van der Waals surface area contributed by atoms with E-state index in [-0.39, 0.29) is 23.7 Å². The third-order valence-corrected chi connectivity index (χ3v) is 3.79. The lowest BCUT2D eigenvalue weighted by molar-refractivity contribution is -0.128. The second-order valence-electron chi connectivity index (χ2n) is 4.81. The highest BCUT2D eigenvalue weighted by atomic mass is 32.2. The smallest absolute Gasteiger partial charge is 0.217 e. The molecule has 104 valence electrons. The van der Waals surface area contributed by atoms with E-state index in [9.17, 15) is 9.59 Å². The summed E-state index contributed by atoms with van der Waals surface area (Å²) >= 11 is 1.67. The first kappa shape index (κ1) is 15.8. The minimum Gasteiger partial charge on any atom is -0.346 e. The van der Waals surface area contributed by atoms with Crippen LogP contribution in [0, 0.1) is 5.92 Å². The van der Waals surface area contributed by atoms with Gasteiger partial charge in [0.15, 0.2) is 5.78 Å². The Bertz CT molecular complexity index is 417. The van der Waals surface area contributed by atoms with Crippen molar-refractivity contribution in [3.05, 3.63) is 35.9 Å². The molecular weight excluding hydrogens is 258 g/mol. The Balaban J connectivity index is 2.49. The fraction of sp³-hybridized carbons (Fsp3) is 0.467. The van der Waals surface area contributed by atoms with Gasteiger partial charge in [0, 0.05) is 24.3 Å². The Labute approximate surface area is 119 Å². The average Bonchev–Trinajstić information content (AvgIpc) is 2.37. The van der Waals surface area contributed by atoms with Gasteiger partial charge in [-0.1, -0.05) is 44.2 Å². The highest BCUT2D eigenvalue weighted by Gasteiger charge is 2.21. The Morgan fingerprint density at radius 2 is 1.84 bits per heavy atom. The molecule has 0 aliphatic rings. The van der Waals surface area contributed by atoms with Gasteiger partial charge in [-0.15, -0.1) is 0 Å². The maximum absolute atomic E-state index is 12.0. The van der Waals surface area contributed by atoms with Crippen LogP contribution in [0.15, 0.2) is 30.3 Å². The first-order chi connectivity index (χ1) is 9.00. The molecule has 1 amide bonds. The number of nitrogens with one attached hydrogen (secondary N) is 1. The highest BCUT2D eigenvalue weighted by Crippen LogP contribution is 2.14. The fourth-order valence-electron chi connectivity index (χ4n) is 1.71. The van der Waals surface area contributed by atoms with E-state index in [1.165, 1.54) is 12.5 Å². The molecule has 0 unspecified atom stereocenters. The zero-order valence-electron chi connectivity index (χ0n) is 11.7. The van der Waals surface area contributed by atoms with Crippen molar-refractivity contribution in [2.75, 3.05) is 5.75 Å². The van der Waals surface area contributed by atoms with Gasteiger partial charge in [0.05, 0.1) is 6.04 Å². The van der Waals surface area contributed by atoms with Crippen LogP contribution in [-0.4, -0.2) is 23.5 Å². The van der Waals surface area contributed by atoms with Crippen LogP contribution < -0.4 is 5.32 Å². The van der Waals surface area contributed by atoms with Gasteiger partial charge in [0.1, 0.15) is 0 Å². The van der Waals surface area contributed by atoms with Gasteiger partial charge in [0.2, 0.25) is 5.91 Å². The molecule has 1 N–H and O–H groups in total. The Morgan fingerprint density at radius 1 is 1.21 bits per heavy atom. The number of hydrogen-bond donors (Lipinski definition) is 1. The molecule has 0 spiro atoms. The molecule has 0 aliphatic carbocycles. The highest BCUT2D eigenvalue weighted by molar-refractivity contribution is 7.98. The molecule has 0 saturated heterocycles. The summed E-state index contributed by atoms with van der Waals surface area (Å²) < 4.78 is 0. The molecule has 0 fully saturated rings. The zero-order chi connectivity index (χ0) is 14.3. The third kappa shape index (κ3) is 5.92. The number of benzene rings is 1. The van der Waals surface area contributed by atoms with E-state index in [1.54, 1.807) is 11.8 Å². The Kier molecular flexibility index (Phi) is 6.64. The third-order valence-electron chi connectivity index (χ3n) is 2.69. The molecule has 0 aliphatic heterocycles. The van der Waals surface area contributed by atoms with Crippen molar-refractivity contribution >= 4 is 23.5 Å². The van der Waals surface area contributed by atoms with E-state index in [0.29, 0.717) is 5.75 Å². The summed E-state index contributed by atoms with van der Waals surface area (Å²) in [6, 6.07) is 9.72. The molecule has 1 aromatic rings. The molecule has 0 radical (unpaired) electrons. The zero-order valence-corrected chi connectivity index (χ0v) is 12.5. The number of carbonyl (C=O) groups excluding carboxylic acids is 2. The number of Topliss-reactive ketones (excluding diaryl/α,β-unsaturated/α-hetero) is 1. The van der Waals surface area contributed by atoms with E-state index < -0.39 is 0 Å². The summed E-state index contributed by atoms with van der Waals surface area (Å²) in [5.41, 5.74) is 1.23. The summed E-state index contributed by atoms with van der Waals surface area (Å²) in [6.45, 7) is 5.17. The summed E-state index contributed by atoms with van der Waals surface area (Å²) in [5.74, 6) is 1.34. The van der Waals surface area contributed by atoms with E-state index >= 15 is 0 Å². The quantitative estimate of drug-likeness (QED) is 0.834.